The summed E-state index contributed by atoms with van der Waals surface area (Å²) in [5, 5.41) is 3.44. The standard InChI is InChI=1S/C17H28N2O/c1-16(2)13-7-8-14(11-13)17(16,3)18-15(20)12-19-9-5-4-6-10-19/h4-5,13-14H,6-12H2,1-3H3,(H,18,20)/p+1/t13-,14-,17-/m1/s1. The molecule has 4 atom stereocenters. The molecule has 3 aliphatic rings. The van der Waals surface area contributed by atoms with Crippen LogP contribution in [0.4, 0.5) is 0 Å². The van der Waals surface area contributed by atoms with Gasteiger partial charge in [-0.05, 0) is 49.5 Å². The lowest BCUT2D eigenvalue weighted by Gasteiger charge is -2.48. The van der Waals surface area contributed by atoms with E-state index in [1.165, 1.54) is 24.2 Å². The van der Waals surface area contributed by atoms with Crippen molar-refractivity contribution in [3.05, 3.63) is 12.2 Å². The fourth-order valence-corrected chi connectivity index (χ4v) is 4.85. The van der Waals surface area contributed by atoms with Crippen molar-refractivity contribution in [1.29, 1.82) is 0 Å². The highest BCUT2D eigenvalue weighted by atomic mass is 16.2. The Morgan fingerprint density at radius 2 is 2.00 bits per heavy atom. The monoisotopic (exact) mass is 277 g/mol. The molecule has 3 nitrogen and oxygen atoms in total. The summed E-state index contributed by atoms with van der Waals surface area (Å²) in [6, 6.07) is 0. The molecule has 0 saturated heterocycles. The number of fused-ring (bicyclic) bond motifs is 2. The van der Waals surface area contributed by atoms with E-state index in [0.717, 1.165) is 25.4 Å². The number of amides is 1. The molecule has 0 spiro atoms. The number of quaternary nitrogens is 1. The molecule has 0 aromatic carbocycles. The van der Waals surface area contributed by atoms with E-state index in [1.807, 2.05) is 0 Å². The molecular weight excluding hydrogens is 248 g/mol. The third kappa shape index (κ3) is 2.11. The second-order valence-corrected chi connectivity index (χ2v) is 7.82. The molecule has 0 aromatic rings. The second kappa shape index (κ2) is 4.87. The van der Waals surface area contributed by atoms with Crippen LogP contribution in [0, 0.1) is 17.3 Å². The van der Waals surface area contributed by atoms with Gasteiger partial charge in [0.05, 0.1) is 13.1 Å². The highest BCUT2D eigenvalue weighted by Crippen LogP contribution is 2.61. The molecule has 1 heterocycles. The zero-order valence-corrected chi connectivity index (χ0v) is 13.2. The third-order valence-corrected chi connectivity index (χ3v) is 6.66. The number of rotatable bonds is 3. The maximum absolute atomic E-state index is 12.5. The Kier molecular flexibility index (Phi) is 3.44. The maximum Gasteiger partial charge on any atom is 0.275 e. The maximum atomic E-state index is 12.5. The summed E-state index contributed by atoms with van der Waals surface area (Å²) in [6.07, 6.45) is 9.49. The van der Waals surface area contributed by atoms with Gasteiger partial charge in [-0.2, -0.15) is 0 Å². The van der Waals surface area contributed by atoms with Gasteiger partial charge in [-0.25, -0.2) is 0 Å². The molecule has 1 unspecified atom stereocenters. The lowest BCUT2D eigenvalue weighted by Crippen LogP contribution is -3.13. The Hall–Kier alpha value is -0.830. The zero-order chi connectivity index (χ0) is 14.4. The van der Waals surface area contributed by atoms with E-state index in [2.05, 4.69) is 38.2 Å². The molecule has 20 heavy (non-hydrogen) atoms. The summed E-state index contributed by atoms with van der Waals surface area (Å²) in [4.78, 5) is 13.9. The Bertz CT molecular complexity index is 429. The number of carbonyl (C=O) groups is 1. The van der Waals surface area contributed by atoms with Crippen molar-refractivity contribution in [2.45, 2.75) is 52.0 Å². The molecule has 0 aromatic heterocycles. The van der Waals surface area contributed by atoms with E-state index in [1.54, 1.807) is 0 Å². The highest BCUT2D eigenvalue weighted by Gasteiger charge is 2.60. The molecule has 112 valence electrons. The van der Waals surface area contributed by atoms with E-state index in [4.69, 9.17) is 0 Å². The first-order chi connectivity index (χ1) is 9.43. The SMILES string of the molecule is CC1(C)[C@@H]2CC[C@H](C2)[C@@]1(C)NC(=O)C[NH+]1CC=CCC1. The van der Waals surface area contributed by atoms with Crippen molar-refractivity contribution >= 4 is 5.91 Å². The second-order valence-electron chi connectivity index (χ2n) is 7.82. The number of hydrogen-bond acceptors (Lipinski definition) is 1. The van der Waals surface area contributed by atoms with Gasteiger partial charge in [0, 0.05) is 12.0 Å². The van der Waals surface area contributed by atoms with Gasteiger partial charge in [0.2, 0.25) is 0 Å². The van der Waals surface area contributed by atoms with Gasteiger partial charge in [0.1, 0.15) is 0 Å². The van der Waals surface area contributed by atoms with E-state index in [9.17, 15) is 4.79 Å². The van der Waals surface area contributed by atoms with Crippen LogP contribution >= 0.6 is 0 Å². The van der Waals surface area contributed by atoms with Gasteiger partial charge in [0.15, 0.2) is 6.54 Å². The van der Waals surface area contributed by atoms with Crippen molar-refractivity contribution in [1.82, 2.24) is 5.32 Å². The van der Waals surface area contributed by atoms with Crippen molar-refractivity contribution in [2.24, 2.45) is 17.3 Å². The van der Waals surface area contributed by atoms with Crippen molar-refractivity contribution in [3.8, 4) is 0 Å². The fourth-order valence-electron chi connectivity index (χ4n) is 4.85. The minimum Gasteiger partial charge on any atom is -0.345 e. The molecule has 1 aliphatic heterocycles. The van der Waals surface area contributed by atoms with Crippen molar-refractivity contribution in [3.63, 3.8) is 0 Å². The van der Waals surface area contributed by atoms with Gasteiger partial charge < -0.3 is 10.2 Å². The fraction of sp³-hybridized carbons (Fsp3) is 0.824. The van der Waals surface area contributed by atoms with E-state index in [0.29, 0.717) is 12.5 Å². The predicted octanol–water partition coefficient (Wildman–Crippen LogP) is 1.16. The van der Waals surface area contributed by atoms with Gasteiger partial charge in [0.25, 0.3) is 5.91 Å². The van der Waals surface area contributed by atoms with Crippen LogP contribution in [-0.4, -0.2) is 31.1 Å². The number of nitrogens with one attached hydrogen (secondary N) is 2. The molecule has 2 N–H and O–H groups in total. The molecule has 3 rings (SSSR count). The van der Waals surface area contributed by atoms with Gasteiger partial charge in [-0.1, -0.05) is 19.9 Å². The van der Waals surface area contributed by atoms with Gasteiger partial charge in [-0.3, -0.25) is 4.79 Å². The smallest absolute Gasteiger partial charge is 0.275 e. The Labute approximate surface area is 122 Å². The van der Waals surface area contributed by atoms with Crippen LogP contribution in [0.2, 0.25) is 0 Å². The summed E-state index contributed by atoms with van der Waals surface area (Å²) in [6.45, 7) is 9.73. The lowest BCUT2D eigenvalue weighted by molar-refractivity contribution is -0.887. The van der Waals surface area contributed by atoms with Gasteiger partial charge >= 0.3 is 0 Å². The van der Waals surface area contributed by atoms with Crippen LogP contribution in [-0.2, 0) is 4.79 Å². The molecule has 2 fully saturated rings. The summed E-state index contributed by atoms with van der Waals surface area (Å²) in [5.41, 5.74) is 0.237. The van der Waals surface area contributed by atoms with Crippen LogP contribution in [0.5, 0.6) is 0 Å². The Balaban J connectivity index is 1.64. The van der Waals surface area contributed by atoms with Crippen LogP contribution in [0.25, 0.3) is 0 Å². The highest BCUT2D eigenvalue weighted by molar-refractivity contribution is 5.78. The molecule has 3 heteroatoms. The molecule has 0 radical (unpaired) electrons. The topological polar surface area (TPSA) is 33.5 Å². The Morgan fingerprint density at radius 3 is 2.60 bits per heavy atom. The average Bonchev–Trinajstić information content (AvgIpc) is 2.94. The summed E-state index contributed by atoms with van der Waals surface area (Å²) >= 11 is 0. The quantitative estimate of drug-likeness (QED) is 0.746. The van der Waals surface area contributed by atoms with Crippen LogP contribution in [0.3, 0.4) is 0 Å². The summed E-state index contributed by atoms with van der Waals surface area (Å²) in [5.74, 6) is 1.73. The first kappa shape index (κ1) is 14.1. The number of hydrogen-bond donors (Lipinski definition) is 2. The predicted molar refractivity (Wildman–Crippen MR) is 80.5 cm³/mol. The zero-order valence-electron chi connectivity index (χ0n) is 13.2. The molecule has 2 bridgehead atoms. The van der Waals surface area contributed by atoms with Crippen molar-refractivity contribution < 1.29 is 9.69 Å². The van der Waals surface area contributed by atoms with Crippen LogP contribution in [0.1, 0.15) is 46.5 Å². The minimum atomic E-state index is -0.00192. The third-order valence-electron chi connectivity index (χ3n) is 6.66. The molecule has 2 saturated carbocycles. The van der Waals surface area contributed by atoms with Crippen molar-refractivity contribution in [2.75, 3.05) is 19.6 Å². The Morgan fingerprint density at radius 1 is 1.25 bits per heavy atom. The average molecular weight is 277 g/mol. The van der Waals surface area contributed by atoms with E-state index in [-0.39, 0.29) is 16.9 Å². The first-order valence-electron chi connectivity index (χ1n) is 8.23. The van der Waals surface area contributed by atoms with E-state index < -0.39 is 0 Å². The first-order valence-corrected chi connectivity index (χ1v) is 8.23. The minimum absolute atomic E-state index is 0.00192. The van der Waals surface area contributed by atoms with Crippen LogP contribution in [0.15, 0.2) is 12.2 Å². The number of carbonyl (C=O) groups excluding carboxylic acids is 1. The summed E-state index contributed by atoms with van der Waals surface area (Å²) in [7, 11) is 0. The summed E-state index contributed by atoms with van der Waals surface area (Å²) < 4.78 is 0. The molecular formula is C17H29N2O+. The molecule has 1 amide bonds. The lowest BCUT2D eigenvalue weighted by atomic mass is 9.64. The van der Waals surface area contributed by atoms with Gasteiger partial charge in [-0.15, -0.1) is 0 Å². The molecule has 2 aliphatic carbocycles. The largest absolute Gasteiger partial charge is 0.345 e. The van der Waals surface area contributed by atoms with Crippen LogP contribution < -0.4 is 10.2 Å². The normalized spacial score (nSPS) is 41.9. The van der Waals surface area contributed by atoms with E-state index >= 15 is 0 Å².